The van der Waals surface area contributed by atoms with Crippen LogP contribution in [0.5, 0.6) is 11.5 Å². The number of hydrogen-bond acceptors (Lipinski definition) is 6. The molecule has 178 valence electrons. The van der Waals surface area contributed by atoms with E-state index in [1.54, 1.807) is 42.8 Å². The van der Waals surface area contributed by atoms with Crippen molar-refractivity contribution in [3.8, 4) is 22.6 Å². The minimum atomic E-state index is -0.163. The van der Waals surface area contributed by atoms with Gasteiger partial charge in [0.15, 0.2) is 17.1 Å². The molecule has 0 bridgehead atoms. The average Bonchev–Trinajstić information content (AvgIpc) is 3.24. The van der Waals surface area contributed by atoms with Gasteiger partial charge < -0.3 is 18.8 Å². The van der Waals surface area contributed by atoms with Crippen LogP contribution in [0.1, 0.15) is 11.3 Å². The number of benzene rings is 2. The maximum atomic E-state index is 13.4. The molecule has 3 aromatic heterocycles. The van der Waals surface area contributed by atoms with Crippen molar-refractivity contribution in [1.29, 1.82) is 0 Å². The monoisotopic (exact) mass is 490 g/mol. The fourth-order valence-electron chi connectivity index (χ4n) is 4.20. The van der Waals surface area contributed by atoms with Crippen molar-refractivity contribution < 1.29 is 14.2 Å². The lowest BCUT2D eigenvalue weighted by molar-refractivity contribution is 0.181. The number of methoxy groups -OCH3 is 3. The quantitative estimate of drug-likeness (QED) is 0.332. The Kier molecular flexibility index (Phi) is 6.15. The van der Waals surface area contributed by atoms with Crippen LogP contribution in [0.3, 0.4) is 0 Å². The minimum Gasteiger partial charge on any atom is -0.493 e. The summed E-state index contributed by atoms with van der Waals surface area (Å²) in [5.41, 5.74) is 4.55. The third-order valence-electron chi connectivity index (χ3n) is 5.87. The molecule has 35 heavy (non-hydrogen) atoms. The van der Waals surface area contributed by atoms with Gasteiger partial charge >= 0.3 is 0 Å². The second-order valence-corrected chi connectivity index (χ2v) is 8.43. The maximum Gasteiger partial charge on any atom is 0.261 e. The number of fused-ring (bicyclic) bond motifs is 3. The minimum absolute atomic E-state index is 0.163. The van der Waals surface area contributed by atoms with Crippen molar-refractivity contribution in [1.82, 2.24) is 19.2 Å². The molecule has 2 aromatic carbocycles. The zero-order valence-corrected chi connectivity index (χ0v) is 20.2. The number of nitrogens with zero attached hydrogens (tertiary/aromatic N) is 4. The Morgan fingerprint density at radius 2 is 1.74 bits per heavy atom. The Bertz CT molecular complexity index is 1590. The number of halogens is 1. The van der Waals surface area contributed by atoms with Crippen LogP contribution in [0, 0.1) is 0 Å². The van der Waals surface area contributed by atoms with Crippen LogP contribution in [0.15, 0.2) is 65.7 Å². The zero-order chi connectivity index (χ0) is 24.5. The highest BCUT2D eigenvalue weighted by atomic mass is 35.5. The number of aromatic nitrogens is 4. The molecule has 0 fully saturated rings. The first-order valence-electron chi connectivity index (χ1n) is 10.9. The van der Waals surface area contributed by atoms with Gasteiger partial charge in [0, 0.05) is 24.5 Å². The van der Waals surface area contributed by atoms with Crippen LogP contribution in [0.25, 0.3) is 27.7 Å². The van der Waals surface area contributed by atoms with Crippen LogP contribution < -0.4 is 15.0 Å². The van der Waals surface area contributed by atoms with E-state index in [1.807, 2.05) is 48.5 Å². The van der Waals surface area contributed by atoms with Crippen molar-refractivity contribution in [3.63, 3.8) is 0 Å². The van der Waals surface area contributed by atoms with E-state index < -0.39 is 0 Å². The second kappa shape index (κ2) is 9.40. The van der Waals surface area contributed by atoms with Crippen molar-refractivity contribution in [3.05, 3.63) is 87.6 Å². The number of rotatable bonds is 7. The molecule has 5 aromatic rings. The summed E-state index contributed by atoms with van der Waals surface area (Å²) in [6, 6.07) is 15.0. The van der Waals surface area contributed by atoms with Crippen LogP contribution in [-0.4, -0.2) is 40.5 Å². The summed E-state index contributed by atoms with van der Waals surface area (Å²) in [6.07, 6.45) is 3.37. The molecule has 0 saturated heterocycles. The first-order chi connectivity index (χ1) is 17.0. The van der Waals surface area contributed by atoms with Gasteiger partial charge in [0.25, 0.3) is 5.56 Å². The topological polar surface area (TPSA) is 79.9 Å². The van der Waals surface area contributed by atoms with Gasteiger partial charge in [-0.05, 0) is 41.5 Å². The standard InChI is InChI=1S/C26H23ClN4O4/c1-33-15-20-24(17-5-7-18(27)8-6-17)25-28-13-19-21(31(25)29-20)10-11-30(26(19)32)14-16-4-9-22(34-2)23(12-16)35-3/h4-13H,14-15H2,1-3H3. The lowest BCUT2D eigenvalue weighted by atomic mass is 10.1. The summed E-state index contributed by atoms with van der Waals surface area (Å²) in [7, 11) is 4.79. The van der Waals surface area contributed by atoms with Gasteiger partial charge in [0.1, 0.15) is 0 Å². The predicted octanol–water partition coefficient (Wildman–Crippen LogP) is 4.58. The molecule has 3 heterocycles. The third-order valence-corrected chi connectivity index (χ3v) is 6.12. The molecule has 0 N–H and O–H groups in total. The smallest absolute Gasteiger partial charge is 0.261 e. The van der Waals surface area contributed by atoms with Gasteiger partial charge in [-0.15, -0.1) is 0 Å². The molecule has 0 amide bonds. The largest absolute Gasteiger partial charge is 0.493 e. The highest BCUT2D eigenvalue weighted by molar-refractivity contribution is 6.30. The van der Waals surface area contributed by atoms with Crippen molar-refractivity contribution >= 4 is 28.2 Å². The van der Waals surface area contributed by atoms with Crippen molar-refractivity contribution in [2.24, 2.45) is 0 Å². The average molecular weight is 491 g/mol. The first-order valence-corrected chi connectivity index (χ1v) is 11.3. The molecular formula is C26H23ClN4O4. The molecular weight excluding hydrogens is 468 g/mol. The predicted molar refractivity (Wildman–Crippen MR) is 135 cm³/mol. The van der Waals surface area contributed by atoms with Gasteiger partial charge in [-0.25, -0.2) is 9.50 Å². The second-order valence-electron chi connectivity index (χ2n) is 7.99. The Balaban J connectivity index is 1.62. The fraction of sp³-hybridized carbons (Fsp3) is 0.192. The number of hydrogen-bond donors (Lipinski definition) is 0. The molecule has 0 aliphatic heterocycles. The summed E-state index contributed by atoms with van der Waals surface area (Å²) in [5, 5.41) is 5.86. The van der Waals surface area contributed by atoms with E-state index in [4.69, 9.17) is 30.9 Å². The van der Waals surface area contributed by atoms with Crippen LogP contribution in [0.4, 0.5) is 0 Å². The molecule has 0 radical (unpaired) electrons. The lowest BCUT2D eigenvalue weighted by Crippen LogP contribution is -2.21. The Morgan fingerprint density at radius 3 is 2.46 bits per heavy atom. The Hall–Kier alpha value is -3.88. The van der Waals surface area contributed by atoms with E-state index in [-0.39, 0.29) is 5.56 Å². The molecule has 8 nitrogen and oxygen atoms in total. The fourth-order valence-corrected chi connectivity index (χ4v) is 4.33. The van der Waals surface area contributed by atoms with Crippen molar-refractivity contribution in [2.45, 2.75) is 13.2 Å². The van der Waals surface area contributed by atoms with E-state index >= 15 is 0 Å². The van der Waals surface area contributed by atoms with Crippen LogP contribution >= 0.6 is 11.6 Å². The summed E-state index contributed by atoms with van der Waals surface area (Å²) >= 11 is 6.08. The SMILES string of the molecule is COCc1nn2c(ncc3c(=O)n(Cc4ccc(OC)c(OC)c4)ccc32)c1-c1ccc(Cl)cc1. The molecule has 0 atom stereocenters. The maximum absolute atomic E-state index is 13.4. The zero-order valence-electron chi connectivity index (χ0n) is 19.5. The van der Waals surface area contributed by atoms with E-state index in [0.29, 0.717) is 46.2 Å². The van der Waals surface area contributed by atoms with E-state index in [0.717, 1.165) is 22.4 Å². The normalized spacial score (nSPS) is 11.3. The van der Waals surface area contributed by atoms with Crippen molar-refractivity contribution in [2.75, 3.05) is 21.3 Å². The molecule has 0 unspecified atom stereocenters. The molecule has 5 rings (SSSR count). The van der Waals surface area contributed by atoms with Gasteiger partial charge in [0.05, 0.1) is 49.5 Å². The molecule has 9 heteroatoms. The molecule has 0 aliphatic rings. The Morgan fingerprint density at radius 1 is 0.971 bits per heavy atom. The lowest BCUT2D eigenvalue weighted by Gasteiger charge is -2.11. The van der Waals surface area contributed by atoms with E-state index in [1.165, 1.54) is 0 Å². The number of ether oxygens (including phenoxy) is 3. The third kappa shape index (κ3) is 4.11. The molecule has 0 saturated carbocycles. The Labute approximate surface area is 206 Å². The summed E-state index contributed by atoms with van der Waals surface area (Å²) in [5.74, 6) is 1.25. The summed E-state index contributed by atoms with van der Waals surface area (Å²) < 4.78 is 19.4. The highest BCUT2D eigenvalue weighted by Gasteiger charge is 2.19. The molecule has 0 aliphatic carbocycles. The number of pyridine rings is 1. The van der Waals surface area contributed by atoms with Gasteiger partial charge in [0.2, 0.25) is 0 Å². The van der Waals surface area contributed by atoms with Crippen LogP contribution in [-0.2, 0) is 17.9 Å². The van der Waals surface area contributed by atoms with E-state index in [9.17, 15) is 4.79 Å². The van der Waals surface area contributed by atoms with E-state index in [2.05, 4.69) is 4.98 Å². The first kappa shape index (κ1) is 22.9. The summed E-state index contributed by atoms with van der Waals surface area (Å²) in [6.45, 7) is 0.677. The van der Waals surface area contributed by atoms with Gasteiger partial charge in [-0.2, -0.15) is 5.10 Å². The molecule has 0 spiro atoms. The summed E-state index contributed by atoms with van der Waals surface area (Å²) in [4.78, 5) is 18.0. The van der Waals surface area contributed by atoms with Gasteiger partial charge in [-0.1, -0.05) is 29.8 Å². The van der Waals surface area contributed by atoms with Crippen LogP contribution in [0.2, 0.25) is 5.02 Å². The van der Waals surface area contributed by atoms with Gasteiger partial charge in [-0.3, -0.25) is 4.79 Å². The highest BCUT2D eigenvalue weighted by Crippen LogP contribution is 2.31.